The standard InChI is InChI=1S/C24H20FN5O2/c1-16-27-28-29-30(16)22-15-19(12-13-21(22)25)26-24(31)20(17-8-4-3-5-9-17)14-18-10-6-7-11-23(18)32-2/h3-15H,1-2H3,(H,26,31)/b20-14+. The van der Waals surface area contributed by atoms with Crippen molar-refractivity contribution >= 4 is 23.2 Å². The SMILES string of the molecule is COc1ccccc1/C=C(/C(=O)Nc1ccc(F)c(-n2nnnc2C)c1)c1ccccc1. The van der Waals surface area contributed by atoms with Crippen LogP contribution in [0.3, 0.4) is 0 Å². The van der Waals surface area contributed by atoms with Crippen LogP contribution in [0.4, 0.5) is 10.1 Å². The van der Waals surface area contributed by atoms with E-state index in [2.05, 4.69) is 20.8 Å². The maximum atomic E-state index is 14.4. The van der Waals surface area contributed by atoms with Gasteiger partial charge in [-0.05, 0) is 53.3 Å². The number of tetrazole rings is 1. The Morgan fingerprint density at radius 3 is 2.53 bits per heavy atom. The van der Waals surface area contributed by atoms with Crippen LogP contribution < -0.4 is 10.1 Å². The summed E-state index contributed by atoms with van der Waals surface area (Å²) in [5.74, 6) is 0.208. The second-order valence-electron chi connectivity index (χ2n) is 6.92. The molecule has 0 radical (unpaired) electrons. The molecule has 0 aliphatic carbocycles. The number of methoxy groups -OCH3 is 1. The van der Waals surface area contributed by atoms with Crippen LogP contribution in [0.5, 0.6) is 5.75 Å². The number of nitrogens with zero attached hydrogens (tertiary/aromatic N) is 4. The van der Waals surface area contributed by atoms with Crippen molar-refractivity contribution in [3.63, 3.8) is 0 Å². The molecule has 32 heavy (non-hydrogen) atoms. The number of amides is 1. The van der Waals surface area contributed by atoms with Gasteiger partial charge in [0.25, 0.3) is 5.91 Å². The molecule has 1 amide bonds. The summed E-state index contributed by atoms with van der Waals surface area (Å²) in [7, 11) is 1.58. The smallest absolute Gasteiger partial charge is 0.256 e. The Bertz CT molecular complexity index is 1280. The molecule has 3 aromatic carbocycles. The zero-order valence-corrected chi connectivity index (χ0v) is 17.5. The highest BCUT2D eigenvalue weighted by atomic mass is 19.1. The van der Waals surface area contributed by atoms with E-state index in [-0.39, 0.29) is 11.6 Å². The third-order valence-corrected chi connectivity index (χ3v) is 4.83. The number of carbonyl (C=O) groups excluding carboxylic acids is 1. The Hall–Kier alpha value is -4.33. The molecule has 0 atom stereocenters. The van der Waals surface area contributed by atoms with Crippen molar-refractivity contribution in [1.82, 2.24) is 20.2 Å². The molecule has 0 aliphatic rings. The number of hydrogen-bond acceptors (Lipinski definition) is 5. The molecular weight excluding hydrogens is 409 g/mol. The van der Waals surface area contributed by atoms with Crippen molar-refractivity contribution in [2.75, 3.05) is 12.4 Å². The lowest BCUT2D eigenvalue weighted by atomic mass is 10.0. The van der Waals surface area contributed by atoms with Gasteiger partial charge in [0.2, 0.25) is 0 Å². The zero-order valence-electron chi connectivity index (χ0n) is 17.5. The summed E-state index contributed by atoms with van der Waals surface area (Å²) in [6.45, 7) is 1.66. The van der Waals surface area contributed by atoms with Gasteiger partial charge in [0, 0.05) is 16.8 Å². The highest BCUT2D eigenvalue weighted by Crippen LogP contribution is 2.26. The average Bonchev–Trinajstić information content (AvgIpc) is 3.25. The van der Waals surface area contributed by atoms with E-state index >= 15 is 0 Å². The number of aromatic nitrogens is 4. The Kier molecular flexibility index (Phi) is 6.03. The van der Waals surface area contributed by atoms with E-state index in [9.17, 15) is 9.18 Å². The summed E-state index contributed by atoms with van der Waals surface area (Å²) in [5, 5.41) is 14.0. The molecular formula is C24H20FN5O2. The van der Waals surface area contributed by atoms with Crippen molar-refractivity contribution in [3.8, 4) is 11.4 Å². The first-order valence-corrected chi connectivity index (χ1v) is 9.83. The predicted molar refractivity (Wildman–Crippen MR) is 120 cm³/mol. The fourth-order valence-electron chi connectivity index (χ4n) is 3.24. The highest BCUT2D eigenvalue weighted by Gasteiger charge is 2.16. The minimum absolute atomic E-state index is 0.139. The second-order valence-corrected chi connectivity index (χ2v) is 6.92. The third-order valence-electron chi connectivity index (χ3n) is 4.83. The Balaban J connectivity index is 1.72. The highest BCUT2D eigenvalue weighted by molar-refractivity contribution is 6.29. The molecule has 8 heteroatoms. The van der Waals surface area contributed by atoms with Crippen LogP contribution in [0.25, 0.3) is 17.3 Å². The molecule has 160 valence electrons. The summed E-state index contributed by atoms with van der Waals surface area (Å²) in [6, 6.07) is 21.0. The molecule has 4 aromatic rings. The number of para-hydroxylation sites is 1. The number of nitrogens with one attached hydrogen (secondary N) is 1. The van der Waals surface area contributed by atoms with Crippen LogP contribution in [-0.4, -0.2) is 33.2 Å². The first-order valence-electron chi connectivity index (χ1n) is 9.83. The number of rotatable bonds is 6. The van der Waals surface area contributed by atoms with Crippen molar-refractivity contribution in [2.45, 2.75) is 6.92 Å². The number of ether oxygens (including phenoxy) is 1. The predicted octanol–water partition coefficient (Wildman–Crippen LogP) is 4.30. The molecule has 0 aliphatic heterocycles. The van der Waals surface area contributed by atoms with Crippen LogP contribution in [0.15, 0.2) is 72.8 Å². The maximum Gasteiger partial charge on any atom is 0.256 e. The van der Waals surface area contributed by atoms with Gasteiger partial charge in [-0.1, -0.05) is 48.5 Å². The van der Waals surface area contributed by atoms with Crippen molar-refractivity contribution < 1.29 is 13.9 Å². The van der Waals surface area contributed by atoms with Gasteiger partial charge in [-0.15, -0.1) is 5.10 Å². The van der Waals surface area contributed by atoms with Crippen molar-refractivity contribution in [3.05, 3.63) is 95.6 Å². The van der Waals surface area contributed by atoms with Crippen molar-refractivity contribution in [1.29, 1.82) is 0 Å². The number of halogens is 1. The Morgan fingerprint density at radius 1 is 1.06 bits per heavy atom. The van der Waals surface area contributed by atoms with Gasteiger partial charge in [-0.25, -0.2) is 4.39 Å². The molecule has 0 bridgehead atoms. The van der Waals surface area contributed by atoms with E-state index in [0.29, 0.717) is 22.8 Å². The van der Waals surface area contributed by atoms with E-state index in [1.54, 1.807) is 20.1 Å². The molecule has 4 rings (SSSR count). The Morgan fingerprint density at radius 2 is 1.81 bits per heavy atom. The molecule has 0 fully saturated rings. The van der Waals surface area contributed by atoms with E-state index in [1.165, 1.54) is 22.9 Å². The van der Waals surface area contributed by atoms with Crippen LogP contribution in [-0.2, 0) is 4.79 Å². The largest absolute Gasteiger partial charge is 0.496 e. The fraction of sp³-hybridized carbons (Fsp3) is 0.0833. The van der Waals surface area contributed by atoms with Crippen molar-refractivity contribution in [2.24, 2.45) is 0 Å². The van der Waals surface area contributed by atoms with E-state index in [1.807, 2.05) is 54.6 Å². The summed E-state index contributed by atoms with van der Waals surface area (Å²) in [5.41, 5.74) is 2.46. The monoisotopic (exact) mass is 429 g/mol. The Labute approximate surface area is 184 Å². The fourth-order valence-corrected chi connectivity index (χ4v) is 3.24. The minimum atomic E-state index is -0.508. The number of hydrogen-bond donors (Lipinski definition) is 1. The average molecular weight is 429 g/mol. The first kappa shape index (κ1) is 20.9. The zero-order chi connectivity index (χ0) is 22.5. The number of aryl methyl sites for hydroxylation is 1. The van der Waals surface area contributed by atoms with E-state index in [0.717, 1.165) is 11.1 Å². The van der Waals surface area contributed by atoms with Gasteiger partial charge in [0.15, 0.2) is 5.82 Å². The van der Waals surface area contributed by atoms with Crippen LogP contribution in [0.1, 0.15) is 17.0 Å². The van der Waals surface area contributed by atoms with Gasteiger partial charge < -0.3 is 10.1 Å². The first-order chi connectivity index (χ1) is 15.6. The number of benzene rings is 3. The quantitative estimate of drug-likeness (QED) is 0.365. The van der Waals surface area contributed by atoms with Gasteiger partial charge in [0.05, 0.1) is 7.11 Å². The lowest BCUT2D eigenvalue weighted by molar-refractivity contribution is -0.111. The molecule has 0 saturated carbocycles. The van der Waals surface area contributed by atoms with Gasteiger partial charge in [0.1, 0.15) is 17.3 Å². The van der Waals surface area contributed by atoms with Crippen LogP contribution in [0.2, 0.25) is 0 Å². The van der Waals surface area contributed by atoms with Crippen LogP contribution in [0, 0.1) is 12.7 Å². The minimum Gasteiger partial charge on any atom is -0.496 e. The topological polar surface area (TPSA) is 81.9 Å². The number of anilines is 1. The molecule has 0 saturated heterocycles. The molecule has 7 nitrogen and oxygen atoms in total. The lowest BCUT2D eigenvalue weighted by Crippen LogP contribution is -2.14. The summed E-state index contributed by atoms with van der Waals surface area (Å²) >= 11 is 0. The van der Waals surface area contributed by atoms with E-state index < -0.39 is 5.82 Å². The van der Waals surface area contributed by atoms with Gasteiger partial charge in [-0.2, -0.15) is 4.68 Å². The summed E-state index contributed by atoms with van der Waals surface area (Å²) < 4.78 is 21.1. The second kappa shape index (κ2) is 9.22. The van der Waals surface area contributed by atoms with Gasteiger partial charge >= 0.3 is 0 Å². The molecule has 0 spiro atoms. The lowest BCUT2D eigenvalue weighted by Gasteiger charge is -2.12. The molecule has 1 aromatic heterocycles. The maximum absolute atomic E-state index is 14.4. The number of carbonyl (C=O) groups is 1. The summed E-state index contributed by atoms with van der Waals surface area (Å²) in [4.78, 5) is 13.3. The third kappa shape index (κ3) is 4.39. The molecule has 1 heterocycles. The summed E-state index contributed by atoms with van der Waals surface area (Å²) in [6.07, 6.45) is 1.76. The molecule has 1 N–H and O–H groups in total. The molecule has 0 unspecified atom stereocenters. The normalized spacial score (nSPS) is 11.3. The van der Waals surface area contributed by atoms with Gasteiger partial charge in [-0.3, -0.25) is 4.79 Å². The van der Waals surface area contributed by atoms with Crippen LogP contribution >= 0.6 is 0 Å². The van der Waals surface area contributed by atoms with E-state index in [4.69, 9.17) is 4.74 Å².